The fraction of sp³-hybridized carbons (Fsp3) is 0.200. The SMILES string of the molecule is Cc1cccc(/N=N/c2cc(C)ccc2C2C=C[C]=CC2)c1. The first kappa shape index (κ1) is 14.5. The first-order valence-electron chi connectivity index (χ1n) is 7.56. The van der Waals surface area contributed by atoms with Gasteiger partial charge in [0.15, 0.2) is 0 Å². The Labute approximate surface area is 131 Å². The molecule has 0 fully saturated rings. The summed E-state index contributed by atoms with van der Waals surface area (Å²) in [5.41, 5.74) is 5.45. The van der Waals surface area contributed by atoms with Gasteiger partial charge in [-0.05, 0) is 61.2 Å². The van der Waals surface area contributed by atoms with E-state index in [1.807, 2.05) is 24.3 Å². The van der Waals surface area contributed by atoms with Crippen molar-refractivity contribution < 1.29 is 0 Å². The van der Waals surface area contributed by atoms with E-state index in [0.717, 1.165) is 17.8 Å². The molecule has 0 heterocycles. The third-order valence-corrected chi connectivity index (χ3v) is 3.77. The van der Waals surface area contributed by atoms with Gasteiger partial charge in [-0.15, -0.1) is 0 Å². The van der Waals surface area contributed by atoms with Crippen molar-refractivity contribution in [1.29, 1.82) is 0 Å². The second-order valence-electron chi connectivity index (χ2n) is 5.67. The van der Waals surface area contributed by atoms with Crippen LogP contribution >= 0.6 is 0 Å². The molecule has 1 unspecified atom stereocenters. The average molecular weight is 287 g/mol. The van der Waals surface area contributed by atoms with Gasteiger partial charge < -0.3 is 0 Å². The molecule has 2 aromatic rings. The Morgan fingerprint density at radius 2 is 1.86 bits per heavy atom. The second kappa shape index (κ2) is 6.52. The molecule has 0 amide bonds. The van der Waals surface area contributed by atoms with Gasteiger partial charge in [0.2, 0.25) is 0 Å². The zero-order valence-electron chi connectivity index (χ0n) is 13.0. The molecule has 1 aliphatic carbocycles. The molecule has 1 aliphatic rings. The van der Waals surface area contributed by atoms with Crippen LogP contribution in [0.15, 0.2) is 70.9 Å². The highest BCUT2D eigenvalue weighted by Gasteiger charge is 2.13. The molecular formula is C20H19N2. The summed E-state index contributed by atoms with van der Waals surface area (Å²) in [5.74, 6) is 0.355. The van der Waals surface area contributed by atoms with Crippen LogP contribution in [0.25, 0.3) is 0 Å². The maximum atomic E-state index is 4.51. The largest absolute Gasteiger partial charge is 0.151 e. The summed E-state index contributed by atoms with van der Waals surface area (Å²) in [6, 6.07) is 14.5. The van der Waals surface area contributed by atoms with Gasteiger partial charge in [0.25, 0.3) is 0 Å². The standard InChI is InChI=1S/C20H19N2/c1-15-7-6-10-18(13-15)21-22-20-14-16(2)11-12-19(20)17-8-4-3-5-9-17/h4-8,10-14,17H,9H2,1-2H3/b22-21+. The normalized spacial score (nSPS) is 17.3. The lowest BCUT2D eigenvalue weighted by molar-refractivity contribution is 0.848. The highest BCUT2D eigenvalue weighted by molar-refractivity contribution is 5.52. The van der Waals surface area contributed by atoms with E-state index in [1.54, 1.807) is 0 Å². The van der Waals surface area contributed by atoms with Gasteiger partial charge in [-0.1, -0.05) is 42.5 Å². The van der Waals surface area contributed by atoms with Gasteiger partial charge >= 0.3 is 0 Å². The predicted molar refractivity (Wildman–Crippen MR) is 90.8 cm³/mol. The van der Waals surface area contributed by atoms with Crippen LogP contribution in [0.3, 0.4) is 0 Å². The van der Waals surface area contributed by atoms with Crippen molar-refractivity contribution in [2.24, 2.45) is 10.2 Å². The molecule has 1 radical (unpaired) electrons. The van der Waals surface area contributed by atoms with Gasteiger partial charge in [-0.25, -0.2) is 0 Å². The van der Waals surface area contributed by atoms with E-state index in [4.69, 9.17) is 0 Å². The Hall–Kier alpha value is -2.48. The lowest BCUT2D eigenvalue weighted by atomic mass is 9.91. The molecule has 0 aromatic heterocycles. The van der Waals surface area contributed by atoms with Crippen molar-refractivity contribution in [2.75, 3.05) is 0 Å². The number of hydrogen-bond donors (Lipinski definition) is 0. The maximum Gasteiger partial charge on any atom is 0.0897 e. The monoisotopic (exact) mass is 287 g/mol. The average Bonchev–Trinajstić information content (AvgIpc) is 2.54. The van der Waals surface area contributed by atoms with Crippen LogP contribution in [-0.2, 0) is 0 Å². The highest BCUT2D eigenvalue weighted by Crippen LogP contribution is 2.33. The van der Waals surface area contributed by atoms with E-state index in [-0.39, 0.29) is 0 Å². The van der Waals surface area contributed by atoms with Gasteiger partial charge in [-0.2, -0.15) is 10.2 Å². The van der Waals surface area contributed by atoms with E-state index in [0.29, 0.717) is 5.92 Å². The molecule has 0 N–H and O–H groups in total. The van der Waals surface area contributed by atoms with Crippen LogP contribution in [0.2, 0.25) is 0 Å². The number of hydrogen-bond acceptors (Lipinski definition) is 2. The quantitative estimate of drug-likeness (QED) is 0.607. The van der Waals surface area contributed by atoms with Crippen molar-refractivity contribution in [2.45, 2.75) is 26.2 Å². The molecule has 0 aliphatic heterocycles. The lowest BCUT2D eigenvalue weighted by Crippen LogP contribution is -1.97. The number of azo groups is 1. The van der Waals surface area contributed by atoms with Crippen molar-refractivity contribution in [3.63, 3.8) is 0 Å². The van der Waals surface area contributed by atoms with E-state index >= 15 is 0 Å². The summed E-state index contributed by atoms with van der Waals surface area (Å²) in [5, 5.41) is 8.92. The van der Waals surface area contributed by atoms with Crippen LogP contribution < -0.4 is 0 Å². The molecule has 2 heteroatoms. The fourth-order valence-electron chi connectivity index (χ4n) is 2.60. The summed E-state index contributed by atoms with van der Waals surface area (Å²) in [6.45, 7) is 4.15. The van der Waals surface area contributed by atoms with Crippen molar-refractivity contribution in [3.05, 3.63) is 83.5 Å². The van der Waals surface area contributed by atoms with Gasteiger partial charge in [0, 0.05) is 5.92 Å². The minimum atomic E-state index is 0.355. The van der Waals surface area contributed by atoms with Crippen LogP contribution in [0, 0.1) is 19.9 Å². The Morgan fingerprint density at radius 1 is 1.00 bits per heavy atom. The zero-order chi connectivity index (χ0) is 15.4. The first-order valence-corrected chi connectivity index (χ1v) is 7.56. The van der Waals surface area contributed by atoms with Crippen molar-refractivity contribution in [3.8, 4) is 0 Å². The van der Waals surface area contributed by atoms with Crippen molar-refractivity contribution in [1.82, 2.24) is 0 Å². The van der Waals surface area contributed by atoms with E-state index in [2.05, 4.69) is 66.6 Å². The third kappa shape index (κ3) is 3.40. The Kier molecular flexibility index (Phi) is 4.29. The maximum absolute atomic E-state index is 4.51. The van der Waals surface area contributed by atoms with Gasteiger partial charge in [0.05, 0.1) is 11.4 Å². The van der Waals surface area contributed by atoms with Crippen LogP contribution in [-0.4, -0.2) is 0 Å². The second-order valence-corrected chi connectivity index (χ2v) is 5.67. The molecule has 2 aromatic carbocycles. The number of allylic oxidation sites excluding steroid dienone is 4. The van der Waals surface area contributed by atoms with Gasteiger partial charge in [0.1, 0.15) is 0 Å². The van der Waals surface area contributed by atoms with Crippen LogP contribution in [0.4, 0.5) is 11.4 Å². The molecule has 0 saturated carbocycles. The molecule has 3 rings (SSSR count). The fourth-order valence-corrected chi connectivity index (χ4v) is 2.60. The number of nitrogens with zero attached hydrogens (tertiary/aromatic N) is 2. The molecule has 22 heavy (non-hydrogen) atoms. The van der Waals surface area contributed by atoms with Gasteiger partial charge in [-0.3, -0.25) is 0 Å². The summed E-state index contributed by atoms with van der Waals surface area (Å²) in [7, 11) is 0. The number of aryl methyl sites for hydroxylation is 2. The molecule has 0 spiro atoms. The molecule has 2 nitrogen and oxygen atoms in total. The molecule has 109 valence electrons. The van der Waals surface area contributed by atoms with Crippen LogP contribution in [0.1, 0.15) is 29.0 Å². The Balaban J connectivity index is 1.93. The summed E-state index contributed by atoms with van der Waals surface area (Å²) in [6.07, 6.45) is 10.3. The summed E-state index contributed by atoms with van der Waals surface area (Å²) < 4.78 is 0. The number of benzene rings is 2. The molecule has 0 saturated heterocycles. The van der Waals surface area contributed by atoms with E-state index in [9.17, 15) is 0 Å². The van der Waals surface area contributed by atoms with E-state index < -0.39 is 0 Å². The minimum Gasteiger partial charge on any atom is -0.151 e. The molecule has 1 atom stereocenters. The topological polar surface area (TPSA) is 24.7 Å². The minimum absolute atomic E-state index is 0.355. The van der Waals surface area contributed by atoms with E-state index in [1.165, 1.54) is 16.7 Å². The summed E-state index contributed by atoms with van der Waals surface area (Å²) in [4.78, 5) is 0. The zero-order valence-corrected chi connectivity index (χ0v) is 13.0. The predicted octanol–water partition coefficient (Wildman–Crippen LogP) is 6.12. The third-order valence-electron chi connectivity index (χ3n) is 3.77. The van der Waals surface area contributed by atoms with Crippen LogP contribution in [0.5, 0.6) is 0 Å². The molecular weight excluding hydrogens is 268 g/mol. The Bertz CT molecular complexity index is 754. The first-order chi connectivity index (χ1) is 10.7. The molecule has 0 bridgehead atoms. The van der Waals surface area contributed by atoms with Crippen molar-refractivity contribution >= 4 is 11.4 Å². The lowest BCUT2D eigenvalue weighted by Gasteiger charge is -2.15. The Morgan fingerprint density at radius 3 is 2.64 bits per heavy atom. The smallest absolute Gasteiger partial charge is 0.0897 e. The highest BCUT2D eigenvalue weighted by atomic mass is 15.1. The summed E-state index contributed by atoms with van der Waals surface area (Å²) >= 11 is 0. The number of rotatable bonds is 3.